The maximum atomic E-state index is 12.2. The standard InChI is InChI=1S/C18H19NO3/c1-13(14-8-4-3-5-9-14)12-17(20)19-16-11-7-6-10-15(16)18(21)22-2/h3-11,13H,12H2,1-2H3,(H,19,20)/t13-/m1/s1. The van der Waals surface area contributed by atoms with Gasteiger partial charge in [0.1, 0.15) is 0 Å². The van der Waals surface area contributed by atoms with E-state index in [-0.39, 0.29) is 11.8 Å². The van der Waals surface area contributed by atoms with E-state index in [9.17, 15) is 9.59 Å². The third kappa shape index (κ3) is 3.95. The number of ether oxygens (including phenoxy) is 1. The van der Waals surface area contributed by atoms with Crippen molar-refractivity contribution in [1.82, 2.24) is 0 Å². The minimum Gasteiger partial charge on any atom is -0.465 e. The summed E-state index contributed by atoms with van der Waals surface area (Å²) in [6.07, 6.45) is 0.347. The monoisotopic (exact) mass is 297 g/mol. The summed E-state index contributed by atoms with van der Waals surface area (Å²) in [4.78, 5) is 23.9. The lowest BCUT2D eigenvalue weighted by atomic mass is 9.97. The number of carbonyl (C=O) groups is 2. The molecule has 1 N–H and O–H groups in total. The molecule has 0 bridgehead atoms. The number of nitrogens with one attached hydrogen (secondary N) is 1. The first-order valence-corrected chi connectivity index (χ1v) is 7.14. The van der Waals surface area contributed by atoms with Crippen molar-refractivity contribution in [2.75, 3.05) is 12.4 Å². The van der Waals surface area contributed by atoms with E-state index in [0.29, 0.717) is 17.7 Å². The highest BCUT2D eigenvalue weighted by molar-refractivity contribution is 6.01. The molecule has 0 aromatic heterocycles. The number of benzene rings is 2. The predicted molar refractivity (Wildman–Crippen MR) is 85.9 cm³/mol. The maximum absolute atomic E-state index is 12.2. The van der Waals surface area contributed by atoms with E-state index in [4.69, 9.17) is 4.74 Å². The second-order valence-corrected chi connectivity index (χ2v) is 5.10. The van der Waals surface area contributed by atoms with Crippen LogP contribution in [0.3, 0.4) is 0 Å². The number of esters is 1. The van der Waals surface area contributed by atoms with Crippen molar-refractivity contribution in [3.05, 3.63) is 65.7 Å². The lowest BCUT2D eigenvalue weighted by Crippen LogP contribution is -2.17. The van der Waals surface area contributed by atoms with Gasteiger partial charge >= 0.3 is 5.97 Å². The van der Waals surface area contributed by atoms with Gasteiger partial charge in [0, 0.05) is 6.42 Å². The van der Waals surface area contributed by atoms with Gasteiger partial charge in [-0.05, 0) is 23.6 Å². The lowest BCUT2D eigenvalue weighted by molar-refractivity contribution is -0.116. The smallest absolute Gasteiger partial charge is 0.339 e. The fourth-order valence-corrected chi connectivity index (χ4v) is 2.26. The van der Waals surface area contributed by atoms with Gasteiger partial charge in [-0.15, -0.1) is 0 Å². The minimum absolute atomic E-state index is 0.103. The summed E-state index contributed by atoms with van der Waals surface area (Å²) in [6, 6.07) is 16.7. The van der Waals surface area contributed by atoms with Crippen LogP contribution in [-0.4, -0.2) is 19.0 Å². The quantitative estimate of drug-likeness (QED) is 0.858. The minimum atomic E-state index is -0.466. The fraction of sp³-hybridized carbons (Fsp3) is 0.222. The number of hydrogen-bond donors (Lipinski definition) is 1. The van der Waals surface area contributed by atoms with Crippen LogP contribution in [0.5, 0.6) is 0 Å². The molecular formula is C18H19NO3. The van der Waals surface area contributed by atoms with Crippen molar-refractivity contribution >= 4 is 17.6 Å². The summed E-state index contributed by atoms with van der Waals surface area (Å²) in [5.74, 6) is -0.494. The molecule has 0 unspecified atom stereocenters. The van der Waals surface area contributed by atoms with Gasteiger partial charge in [-0.3, -0.25) is 4.79 Å². The molecule has 0 heterocycles. The zero-order valence-electron chi connectivity index (χ0n) is 12.7. The van der Waals surface area contributed by atoms with E-state index >= 15 is 0 Å². The number of anilines is 1. The SMILES string of the molecule is COC(=O)c1ccccc1NC(=O)C[C@@H](C)c1ccccc1. The van der Waals surface area contributed by atoms with Crippen molar-refractivity contribution in [3.8, 4) is 0 Å². The first-order chi connectivity index (χ1) is 10.6. The van der Waals surface area contributed by atoms with Crippen molar-refractivity contribution in [2.24, 2.45) is 0 Å². The molecule has 1 amide bonds. The molecule has 2 rings (SSSR count). The van der Waals surface area contributed by atoms with Gasteiger partial charge in [0.25, 0.3) is 0 Å². The van der Waals surface area contributed by atoms with Crippen molar-refractivity contribution < 1.29 is 14.3 Å². The van der Waals surface area contributed by atoms with Gasteiger partial charge < -0.3 is 10.1 Å². The molecule has 2 aromatic carbocycles. The van der Waals surface area contributed by atoms with E-state index in [0.717, 1.165) is 5.56 Å². The van der Waals surface area contributed by atoms with Gasteiger partial charge in [0.05, 0.1) is 18.4 Å². The highest BCUT2D eigenvalue weighted by Gasteiger charge is 2.15. The van der Waals surface area contributed by atoms with E-state index in [2.05, 4.69) is 5.32 Å². The van der Waals surface area contributed by atoms with Crippen molar-refractivity contribution in [3.63, 3.8) is 0 Å². The molecule has 0 radical (unpaired) electrons. The van der Waals surface area contributed by atoms with Crippen LogP contribution < -0.4 is 5.32 Å². The Labute approximate surface area is 130 Å². The van der Waals surface area contributed by atoms with Crippen molar-refractivity contribution in [2.45, 2.75) is 19.3 Å². The zero-order valence-corrected chi connectivity index (χ0v) is 12.7. The Balaban J connectivity index is 2.05. The first-order valence-electron chi connectivity index (χ1n) is 7.14. The Bertz CT molecular complexity index is 652. The van der Waals surface area contributed by atoms with Crippen LogP contribution in [0.15, 0.2) is 54.6 Å². The maximum Gasteiger partial charge on any atom is 0.339 e. The summed E-state index contributed by atoms with van der Waals surface area (Å²) in [6.45, 7) is 2.00. The molecule has 4 nitrogen and oxygen atoms in total. The van der Waals surface area contributed by atoms with Crippen molar-refractivity contribution in [1.29, 1.82) is 0 Å². The number of amides is 1. The van der Waals surface area contributed by atoms with Crippen LogP contribution >= 0.6 is 0 Å². The molecule has 0 aliphatic heterocycles. The summed E-state index contributed by atoms with van der Waals surface area (Å²) in [5.41, 5.74) is 1.93. The number of methoxy groups -OCH3 is 1. The normalized spacial score (nSPS) is 11.5. The Morgan fingerprint density at radius 1 is 1.05 bits per heavy atom. The number of hydrogen-bond acceptors (Lipinski definition) is 3. The molecule has 22 heavy (non-hydrogen) atoms. The van der Waals surface area contributed by atoms with E-state index in [1.165, 1.54) is 7.11 Å². The second-order valence-electron chi connectivity index (χ2n) is 5.10. The van der Waals surface area contributed by atoms with E-state index in [1.54, 1.807) is 24.3 Å². The molecule has 0 aliphatic carbocycles. The van der Waals surface area contributed by atoms with Crippen LogP contribution in [0.2, 0.25) is 0 Å². The fourth-order valence-electron chi connectivity index (χ4n) is 2.26. The highest BCUT2D eigenvalue weighted by Crippen LogP contribution is 2.21. The van der Waals surface area contributed by atoms with Crippen LogP contribution in [-0.2, 0) is 9.53 Å². The summed E-state index contributed by atoms with van der Waals surface area (Å²) in [7, 11) is 1.32. The lowest BCUT2D eigenvalue weighted by Gasteiger charge is -2.13. The Hall–Kier alpha value is -2.62. The predicted octanol–water partition coefficient (Wildman–Crippen LogP) is 3.61. The topological polar surface area (TPSA) is 55.4 Å². The summed E-state index contributed by atoms with van der Waals surface area (Å²) >= 11 is 0. The number of rotatable bonds is 5. The van der Waals surface area contributed by atoms with E-state index in [1.807, 2.05) is 37.3 Å². The number of para-hydroxylation sites is 1. The Kier molecular flexibility index (Phi) is 5.31. The largest absolute Gasteiger partial charge is 0.465 e. The first kappa shape index (κ1) is 15.8. The molecule has 114 valence electrons. The molecule has 0 fully saturated rings. The van der Waals surface area contributed by atoms with Gasteiger partial charge in [0.2, 0.25) is 5.91 Å². The summed E-state index contributed by atoms with van der Waals surface area (Å²) < 4.78 is 4.72. The van der Waals surface area contributed by atoms with Gasteiger partial charge in [-0.25, -0.2) is 4.79 Å². The molecule has 4 heteroatoms. The highest BCUT2D eigenvalue weighted by atomic mass is 16.5. The Morgan fingerprint density at radius 3 is 2.36 bits per heavy atom. The average molecular weight is 297 g/mol. The molecule has 0 spiro atoms. The van der Waals surface area contributed by atoms with Crippen LogP contribution in [0.4, 0.5) is 5.69 Å². The molecule has 0 saturated carbocycles. The third-order valence-corrected chi connectivity index (χ3v) is 3.47. The van der Waals surface area contributed by atoms with Crippen LogP contribution in [0, 0.1) is 0 Å². The van der Waals surface area contributed by atoms with E-state index < -0.39 is 5.97 Å². The molecule has 1 atom stereocenters. The molecule has 2 aromatic rings. The van der Waals surface area contributed by atoms with Crippen LogP contribution in [0.1, 0.15) is 35.2 Å². The summed E-state index contributed by atoms with van der Waals surface area (Å²) in [5, 5.41) is 2.79. The number of carbonyl (C=O) groups excluding carboxylic acids is 2. The average Bonchev–Trinajstić information content (AvgIpc) is 2.55. The van der Waals surface area contributed by atoms with Gasteiger partial charge in [-0.2, -0.15) is 0 Å². The zero-order chi connectivity index (χ0) is 15.9. The third-order valence-electron chi connectivity index (χ3n) is 3.47. The molecule has 0 saturated heterocycles. The second kappa shape index (κ2) is 7.41. The molecular weight excluding hydrogens is 278 g/mol. The van der Waals surface area contributed by atoms with Gasteiger partial charge in [0.15, 0.2) is 0 Å². The van der Waals surface area contributed by atoms with Gasteiger partial charge in [-0.1, -0.05) is 49.4 Å². The van der Waals surface area contributed by atoms with Crippen LogP contribution in [0.25, 0.3) is 0 Å². The Morgan fingerprint density at radius 2 is 1.68 bits per heavy atom. The molecule has 0 aliphatic rings.